The number of hydrogen-bond donors (Lipinski definition) is 0. The van der Waals surface area contributed by atoms with Crippen LogP contribution in [0.5, 0.6) is 0 Å². The van der Waals surface area contributed by atoms with Crippen molar-refractivity contribution in [1.29, 1.82) is 0 Å². The number of aryl methyl sites for hydroxylation is 3. The largest absolute Gasteiger partial charge is 0.359 e. The third-order valence-corrected chi connectivity index (χ3v) is 4.83. The Balaban J connectivity index is 2.00. The van der Waals surface area contributed by atoms with E-state index in [4.69, 9.17) is 4.52 Å². The van der Waals surface area contributed by atoms with Crippen molar-refractivity contribution in [2.75, 3.05) is 0 Å². The lowest BCUT2D eigenvalue weighted by Crippen LogP contribution is -2.21. The molecule has 0 fully saturated rings. The SMILES string of the molecule is CCCc1cc(Cn2cnc3sc(C)c(CC)c3c2=O)on1. The van der Waals surface area contributed by atoms with Crippen LogP contribution in [0.1, 0.15) is 42.2 Å². The average Bonchev–Trinajstić information content (AvgIpc) is 3.06. The van der Waals surface area contributed by atoms with Crippen molar-refractivity contribution in [2.45, 2.75) is 46.6 Å². The summed E-state index contributed by atoms with van der Waals surface area (Å²) in [6, 6.07) is 1.92. The molecule has 0 spiro atoms. The Morgan fingerprint density at radius 2 is 2.18 bits per heavy atom. The molecule has 0 N–H and O–H groups in total. The fraction of sp³-hybridized carbons (Fsp3) is 0.438. The highest BCUT2D eigenvalue weighted by Crippen LogP contribution is 2.26. The molecule has 0 unspecified atom stereocenters. The molecule has 0 aliphatic heterocycles. The van der Waals surface area contributed by atoms with Gasteiger partial charge in [-0.3, -0.25) is 9.36 Å². The monoisotopic (exact) mass is 317 g/mol. The molecule has 0 saturated heterocycles. The van der Waals surface area contributed by atoms with Gasteiger partial charge in [0.05, 0.1) is 24.0 Å². The first-order valence-electron chi connectivity index (χ1n) is 7.55. The van der Waals surface area contributed by atoms with E-state index >= 15 is 0 Å². The number of hydrogen-bond acceptors (Lipinski definition) is 5. The lowest BCUT2D eigenvalue weighted by molar-refractivity contribution is 0.369. The van der Waals surface area contributed by atoms with Gasteiger partial charge in [-0.15, -0.1) is 11.3 Å². The van der Waals surface area contributed by atoms with Crippen LogP contribution in [0.4, 0.5) is 0 Å². The molecule has 0 saturated carbocycles. The first-order valence-corrected chi connectivity index (χ1v) is 8.37. The van der Waals surface area contributed by atoms with Crippen molar-refractivity contribution < 1.29 is 4.52 Å². The lowest BCUT2D eigenvalue weighted by atomic mass is 10.1. The number of thiophene rings is 1. The molecule has 0 radical (unpaired) electrons. The summed E-state index contributed by atoms with van der Waals surface area (Å²) in [5.41, 5.74) is 2.04. The van der Waals surface area contributed by atoms with Gasteiger partial charge in [0.25, 0.3) is 5.56 Å². The second-order valence-electron chi connectivity index (χ2n) is 5.38. The van der Waals surface area contributed by atoms with Crippen LogP contribution in [0, 0.1) is 6.92 Å². The zero-order valence-electron chi connectivity index (χ0n) is 13.0. The van der Waals surface area contributed by atoms with Crippen molar-refractivity contribution in [3.05, 3.63) is 44.6 Å². The van der Waals surface area contributed by atoms with Crippen molar-refractivity contribution in [3.8, 4) is 0 Å². The van der Waals surface area contributed by atoms with Crippen molar-refractivity contribution in [2.24, 2.45) is 0 Å². The fourth-order valence-corrected chi connectivity index (χ4v) is 3.77. The third-order valence-electron chi connectivity index (χ3n) is 3.77. The Morgan fingerprint density at radius 1 is 1.36 bits per heavy atom. The number of nitrogens with zero attached hydrogens (tertiary/aromatic N) is 3. The van der Waals surface area contributed by atoms with Crippen LogP contribution >= 0.6 is 11.3 Å². The van der Waals surface area contributed by atoms with Crippen LogP contribution in [-0.2, 0) is 19.4 Å². The highest BCUT2D eigenvalue weighted by atomic mass is 32.1. The standard InChI is InChI=1S/C16H19N3O2S/c1-4-6-11-7-12(21-18-11)8-19-9-17-15-14(16(19)20)13(5-2)10(3)22-15/h7,9H,4-6,8H2,1-3H3. The molecule has 6 heteroatoms. The van der Waals surface area contributed by atoms with E-state index in [9.17, 15) is 4.79 Å². The van der Waals surface area contributed by atoms with Gasteiger partial charge in [0.1, 0.15) is 4.83 Å². The van der Waals surface area contributed by atoms with Crippen LogP contribution in [0.15, 0.2) is 21.7 Å². The lowest BCUT2D eigenvalue weighted by Gasteiger charge is -2.03. The molecule has 3 heterocycles. The summed E-state index contributed by atoms with van der Waals surface area (Å²) in [5.74, 6) is 0.691. The summed E-state index contributed by atoms with van der Waals surface area (Å²) in [4.78, 5) is 19.1. The Hall–Kier alpha value is -1.95. The molecule has 0 aliphatic carbocycles. The Morgan fingerprint density at radius 3 is 2.91 bits per heavy atom. The molecular weight excluding hydrogens is 298 g/mol. The summed E-state index contributed by atoms with van der Waals surface area (Å²) in [5, 5.41) is 4.77. The predicted octanol–water partition coefficient (Wildman–Crippen LogP) is 3.32. The van der Waals surface area contributed by atoms with Gasteiger partial charge >= 0.3 is 0 Å². The van der Waals surface area contributed by atoms with E-state index in [2.05, 4.69) is 24.0 Å². The summed E-state index contributed by atoms with van der Waals surface area (Å²) in [6.45, 7) is 6.58. The molecule has 116 valence electrons. The van der Waals surface area contributed by atoms with Crippen molar-refractivity contribution in [3.63, 3.8) is 0 Å². The molecule has 0 aromatic carbocycles. The number of aromatic nitrogens is 3. The Bertz CT molecular complexity index is 860. The van der Waals surface area contributed by atoms with Crippen LogP contribution in [-0.4, -0.2) is 14.7 Å². The zero-order chi connectivity index (χ0) is 15.7. The molecule has 5 nitrogen and oxygen atoms in total. The summed E-state index contributed by atoms with van der Waals surface area (Å²) >= 11 is 1.58. The van der Waals surface area contributed by atoms with Gasteiger partial charge in [-0.2, -0.15) is 0 Å². The van der Waals surface area contributed by atoms with Gasteiger partial charge in [0.2, 0.25) is 0 Å². The van der Waals surface area contributed by atoms with Crippen molar-refractivity contribution in [1.82, 2.24) is 14.7 Å². The van der Waals surface area contributed by atoms with Gasteiger partial charge in [0.15, 0.2) is 5.76 Å². The van der Waals surface area contributed by atoms with E-state index in [0.29, 0.717) is 12.3 Å². The first kappa shape index (κ1) is 15.0. The maximum absolute atomic E-state index is 12.7. The molecule has 0 bridgehead atoms. The molecule has 3 aromatic heterocycles. The van der Waals surface area contributed by atoms with Gasteiger partial charge < -0.3 is 4.52 Å². The molecule has 0 aliphatic rings. The molecule has 3 aromatic rings. The van der Waals surface area contributed by atoms with Crippen LogP contribution < -0.4 is 5.56 Å². The minimum Gasteiger partial charge on any atom is -0.359 e. The van der Waals surface area contributed by atoms with Crippen LogP contribution in [0.2, 0.25) is 0 Å². The summed E-state index contributed by atoms with van der Waals surface area (Å²) < 4.78 is 6.92. The Labute approximate surface area is 132 Å². The van der Waals surface area contributed by atoms with E-state index in [0.717, 1.165) is 40.7 Å². The maximum Gasteiger partial charge on any atom is 0.262 e. The molecule has 22 heavy (non-hydrogen) atoms. The number of rotatable bonds is 5. The van der Waals surface area contributed by atoms with Gasteiger partial charge in [-0.25, -0.2) is 4.98 Å². The average molecular weight is 317 g/mol. The molecule has 3 rings (SSSR count). The second-order valence-corrected chi connectivity index (χ2v) is 6.59. The number of fused-ring (bicyclic) bond motifs is 1. The molecular formula is C16H19N3O2S. The second kappa shape index (κ2) is 6.04. The molecule has 0 amide bonds. The van der Waals surface area contributed by atoms with E-state index < -0.39 is 0 Å². The van der Waals surface area contributed by atoms with E-state index in [-0.39, 0.29) is 5.56 Å². The summed E-state index contributed by atoms with van der Waals surface area (Å²) in [7, 11) is 0. The minimum absolute atomic E-state index is 0.000332. The first-order chi connectivity index (χ1) is 10.6. The zero-order valence-corrected chi connectivity index (χ0v) is 13.9. The van der Waals surface area contributed by atoms with Gasteiger partial charge in [-0.1, -0.05) is 25.4 Å². The predicted molar refractivity (Wildman–Crippen MR) is 87.6 cm³/mol. The van der Waals surface area contributed by atoms with Crippen LogP contribution in [0.25, 0.3) is 10.2 Å². The normalized spacial score (nSPS) is 11.4. The van der Waals surface area contributed by atoms with Gasteiger partial charge in [-0.05, 0) is 25.3 Å². The van der Waals surface area contributed by atoms with E-state index in [1.165, 1.54) is 4.88 Å². The van der Waals surface area contributed by atoms with E-state index in [1.54, 1.807) is 22.2 Å². The third kappa shape index (κ3) is 2.59. The smallest absolute Gasteiger partial charge is 0.262 e. The quantitative estimate of drug-likeness (QED) is 0.724. The van der Waals surface area contributed by atoms with Gasteiger partial charge in [0, 0.05) is 10.9 Å². The maximum atomic E-state index is 12.7. The summed E-state index contributed by atoms with van der Waals surface area (Å²) in [6.07, 6.45) is 4.35. The van der Waals surface area contributed by atoms with Crippen molar-refractivity contribution >= 4 is 21.6 Å². The highest BCUT2D eigenvalue weighted by molar-refractivity contribution is 7.18. The molecule has 0 atom stereocenters. The Kier molecular flexibility index (Phi) is 4.11. The fourth-order valence-electron chi connectivity index (χ4n) is 2.70. The topological polar surface area (TPSA) is 60.9 Å². The van der Waals surface area contributed by atoms with E-state index in [1.807, 2.05) is 13.0 Å². The van der Waals surface area contributed by atoms with Crippen LogP contribution in [0.3, 0.4) is 0 Å². The highest BCUT2D eigenvalue weighted by Gasteiger charge is 2.15. The minimum atomic E-state index is -0.000332.